The highest BCUT2D eigenvalue weighted by atomic mass is 16.3. The van der Waals surface area contributed by atoms with Gasteiger partial charge in [-0.25, -0.2) is 0 Å². The molecule has 0 aliphatic carbocycles. The fourth-order valence-corrected chi connectivity index (χ4v) is 2.57. The summed E-state index contributed by atoms with van der Waals surface area (Å²) in [5.74, 6) is 1.18. The summed E-state index contributed by atoms with van der Waals surface area (Å²) in [6.07, 6.45) is 3.29. The Morgan fingerprint density at radius 1 is 1.38 bits per heavy atom. The fourth-order valence-electron chi connectivity index (χ4n) is 2.57. The molecule has 2 aromatic rings. The highest BCUT2D eigenvalue weighted by molar-refractivity contribution is 5.82. The second kappa shape index (κ2) is 3.95. The summed E-state index contributed by atoms with van der Waals surface area (Å²) in [7, 11) is 0. The summed E-state index contributed by atoms with van der Waals surface area (Å²) in [5, 5.41) is 4.87. The standard InChI is InChI=1S/C14H17NO/c1-2-10-9-12-11-5-3-4-6-13(11)16-14(12)7-8-15-10/h3-6,10,15H,2,7-9H2,1H3. The van der Waals surface area contributed by atoms with E-state index in [-0.39, 0.29) is 0 Å². The summed E-state index contributed by atoms with van der Waals surface area (Å²) in [5.41, 5.74) is 2.47. The Hall–Kier alpha value is -1.28. The molecule has 2 nitrogen and oxygen atoms in total. The molecule has 0 spiro atoms. The molecule has 1 N–H and O–H groups in total. The maximum absolute atomic E-state index is 5.92. The van der Waals surface area contributed by atoms with Crippen molar-refractivity contribution < 1.29 is 4.42 Å². The zero-order valence-corrected chi connectivity index (χ0v) is 9.62. The minimum atomic E-state index is 0.599. The summed E-state index contributed by atoms with van der Waals surface area (Å²) in [6, 6.07) is 8.98. The third kappa shape index (κ3) is 1.54. The van der Waals surface area contributed by atoms with E-state index in [0.29, 0.717) is 6.04 Å². The molecule has 16 heavy (non-hydrogen) atoms. The van der Waals surface area contributed by atoms with Gasteiger partial charge >= 0.3 is 0 Å². The largest absolute Gasteiger partial charge is 0.461 e. The van der Waals surface area contributed by atoms with E-state index in [4.69, 9.17) is 4.42 Å². The van der Waals surface area contributed by atoms with E-state index in [1.165, 1.54) is 23.1 Å². The van der Waals surface area contributed by atoms with Gasteiger partial charge in [-0.2, -0.15) is 0 Å². The number of para-hydroxylation sites is 1. The van der Waals surface area contributed by atoms with E-state index in [1.54, 1.807) is 0 Å². The summed E-state index contributed by atoms with van der Waals surface area (Å²) in [6.45, 7) is 3.27. The molecule has 1 atom stereocenters. The molecule has 0 fully saturated rings. The first-order chi connectivity index (χ1) is 7.88. The van der Waals surface area contributed by atoms with E-state index in [2.05, 4.69) is 30.4 Å². The van der Waals surface area contributed by atoms with Crippen LogP contribution in [0.4, 0.5) is 0 Å². The molecule has 2 heterocycles. The summed E-state index contributed by atoms with van der Waals surface area (Å²) in [4.78, 5) is 0. The summed E-state index contributed by atoms with van der Waals surface area (Å²) < 4.78 is 5.92. The lowest BCUT2D eigenvalue weighted by Crippen LogP contribution is -2.29. The van der Waals surface area contributed by atoms with Gasteiger partial charge in [0.2, 0.25) is 0 Å². The van der Waals surface area contributed by atoms with Crippen LogP contribution in [0.3, 0.4) is 0 Å². The lowest BCUT2D eigenvalue weighted by Gasteiger charge is -2.12. The average Bonchev–Trinajstić information content (AvgIpc) is 2.54. The predicted octanol–water partition coefficient (Wildman–Crippen LogP) is 2.90. The van der Waals surface area contributed by atoms with Crippen LogP contribution in [-0.4, -0.2) is 12.6 Å². The first kappa shape index (κ1) is 9.91. The second-order valence-corrected chi connectivity index (χ2v) is 4.51. The molecule has 0 saturated carbocycles. The third-order valence-corrected chi connectivity index (χ3v) is 3.51. The van der Waals surface area contributed by atoms with Crippen LogP contribution in [0.5, 0.6) is 0 Å². The number of hydrogen-bond acceptors (Lipinski definition) is 2. The smallest absolute Gasteiger partial charge is 0.134 e. The van der Waals surface area contributed by atoms with Crippen molar-refractivity contribution in [3.8, 4) is 0 Å². The topological polar surface area (TPSA) is 25.2 Å². The van der Waals surface area contributed by atoms with Gasteiger partial charge in [-0.05, 0) is 18.9 Å². The van der Waals surface area contributed by atoms with Gasteiger partial charge in [0.15, 0.2) is 0 Å². The highest BCUT2D eigenvalue weighted by Gasteiger charge is 2.20. The molecule has 0 bridgehead atoms. The van der Waals surface area contributed by atoms with Crippen molar-refractivity contribution in [1.82, 2.24) is 5.32 Å². The maximum Gasteiger partial charge on any atom is 0.134 e. The Labute approximate surface area is 95.6 Å². The van der Waals surface area contributed by atoms with Gasteiger partial charge in [-0.15, -0.1) is 0 Å². The Bertz CT molecular complexity index is 500. The first-order valence-electron chi connectivity index (χ1n) is 6.11. The van der Waals surface area contributed by atoms with Crippen molar-refractivity contribution >= 4 is 11.0 Å². The first-order valence-corrected chi connectivity index (χ1v) is 6.11. The van der Waals surface area contributed by atoms with Gasteiger partial charge < -0.3 is 9.73 Å². The Balaban J connectivity index is 2.12. The van der Waals surface area contributed by atoms with Crippen LogP contribution in [0.2, 0.25) is 0 Å². The van der Waals surface area contributed by atoms with Crippen LogP contribution in [0.15, 0.2) is 28.7 Å². The molecule has 1 aliphatic rings. The lowest BCUT2D eigenvalue weighted by molar-refractivity contribution is 0.504. The van der Waals surface area contributed by atoms with Crippen LogP contribution < -0.4 is 5.32 Å². The Morgan fingerprint density at radius 2 is 2.25 bits per heavy atom. The number of furan rings is 1. The van der Waals surface area contributed by atoms with Gasteiger partial charge in [-0.1, -0.05) is 25.1 Å². The molecule has 1 aromatic carbocycles. The molecule has 1 aliphatic heterocycles. The molecule has 0 saturated heterocycles. The number of fused-ring (bicyclic) bond motifs is 3. The SMILES string of the molecule is CCC1Cc2c(oc3ccccc23)CCN1. The van der Waals surface area contributed by atoms with E-state index in [0.717, 1.165) is 25.0 Å². The van der Waals surface area contributed by atoms with Crippen LogP contribution >= 0.6 is 0 Å². The van der Waals surface area contributed by atoms with Crippen LogP contribution in [0.25, 0.3) is 11.0 Å². The van der Waals surface area contributed by atoms with E-state index in [1.807, 2.05) is 6.07 Å². The van der Waals surface area contributed by atoms with E-state index < -0.39 is 0 Å². The van der Waals surface area contributed by atoms with Crippen molar-refractivity contribution in [2.24, 2.45) is 0 Å². The van der Waals surface area contributed by atoms with Crippen molar-refractivity contribution in [3.63, 3.8) is 0 Å². The van der Waals surface area contributed by atoms with Gasteiger partial charge in [0.05, 0.1) is 0 Å². The molecule has 0 radical (unpaired) electrons. The quantitative estimate of drug-likeness (QED) is 0.791. The highest BCUT2D eigenvalue weighted by Crippen LogP contribution is 2.28. The van der Waals surface area contributed by atoms with Gasteiger partial charge in [0, 0.05) is 30.0 Å². The monoisotopic (exact) mass is 215 g/mol. The van der Waals surface area contributed by atoms with Gasteiger partial charge in [0.1, 0.15) is 11.3 Å². The summed E-state index contributed by atoms with van der Waals surface area (Å²) >= 11 is 0. The van der Waals surface area contributed by atoms with Crippen LogP contribution in [0, 0.1) is 0 Å². The molecule has 1 unspecified atom stereocenters. The van der Waals surface area contributed by atoms with Crippen LogP contribution in [0.1, 0.15) is 24.7 Å². The molecule has 0 amide bonds. The normalized spacial score (nSPS) is 20.7. The third-order valence-electron chi connectivity index (χ3n) is 3.51. The van der Waals surface area contributed by atoms with Gasteiger partial charge in [0.25, 0.3) is 0 Å². The minimum absolute atomic E-state index is 0.599. The predicted molar refractivity (Wildman–Crippen MR) is 65.7 cm³/mol. The molecule has 1 aromatic heterocycles. The zero-order chi connectivity index (χ0) is 11.0. The average molecular weight is 215 g/mol. The Morgan fingerprint density at radius 3 is 3.12 bits per heavy atom. The van der Waals surface area contributed by atoms with Crippen molar-refractivity contribution in [2.75, 3.05) is 6.54 Å². The minimum Gasteiger partial charge on any atom is -0.461 e. The zero-order valence-electron chi connectivity index (χ0n) is 9.62. The maximum atomic E-state index is 5.92. The van der Waals surface area contributed by atoms with Gasteiger partial charge in [-0.3, -0.25) is 0 Å². The lowest BCUT2D eigenvalue weighted by atomic mass is 10.0. The number of benzene rings is 1. The number of nitrogens with one attached hydrogen (secondary N) is 1. The molecule has 3 rings (SSSR count). The Kier molecular flexibility index (Phi) is 2.44. The van der Waals surface area contributed by atoms with Crippen LogP contribution in [-0.2, 0) is 12.8 Å². The molecular weight excluding hydrogens is 198 g/mol. The number of rotatable bonds is 1. The van der Waals surface area contributed by atoms with Crippen molar-refractivity contribution in [2.45, 2.75) is 32.2 Å². The fraction of sp³-hybridized carbons (Fsp3) is 0.429. The van der Waals surface area contributed by atoms with E-state index >= 15 is 0 Å². The van der Waals surface area contributed by atoms with Crippen molar-refractivity contribution in [1.29, 1.82) is 0 Å². The molecule has 84 valence electrons. The van der Waals surface area contributed by atoms with Crippen molar-refractivity contribution in [3.05, 3.63) is 35.6 Å². The second-order valence-electron chi connectivity index (χ2n) is 4.51. The molecular formula is C14H17NO. The molecule has 2 heteroatoms. The van der Waals surface area contributed by atoms with E-state index in [9.17, 15) is 0 Å². The number of hydrogen-bond donors (Lipinski definition) is 1.